The molecule has 0 aromatic heterocycles. The highest BCUT2D eigenvalue weighted by Crippen LogP contribution is 2.27. The van der Waals surface area contributed by atoms with Crippen molar-refractivity contribution in [3.8, 4) is 0 Å². The van der Waals surface area contributed by atoms with E-state index in [1.165, 1.54) is 0 Å². The maximum Gasteiger partial charge on any atom is 0.253 e. The Kier molecular flexibility index (Phi) is 4.28. The summed E-state index contributed by atoms with van der Waals surface area (Å²) in [5, 5.41) is 18.5. The smallest absolute Gasteiger partial charge is 0.253 e. The molecule has 1 aliphatic rings. The summed E-state index contributed by atoms with van der Waals surface area (Å²) >= 11 is 5.54. The maximum atomic E-state index is 11.8. The van der Waals surface area contributed by atoms with E-state index in [0.717, 1.165) is 11.4 Å². The molecule has 1 amide bonds. The van der Waals surface area contributed by atoms with Crippen molar-refractivity contribution in [1.29, 1.82) is 0 Å². The molecule has 0 bridgehead atoms. The van der Waals surface area contributed by atoms with E-state index in [4.69, 9.17) is 11.6 Å². The lowest BCUT2D eigenvalue weighted by atomic mass is 10.1. The minimum atomic E-state index is -0.609. The predicted molar refractivity (Wildman–Crippen MR) is 72.5 cm³/mol. The van der Waals surface area contributed by atoms with Crippen molar-refractivity contribution in [3.05, 3.63) is 23.8 Å². The van der Waals surface area contributed by atoms with Crippen molar-refractivity contribution in [2.45, 2.75) is 6.10 Å². The molecule has 0 spiro atoms. The van der Waals surface area contributed by atoms with Crippen LogP contribution in [0.4, 0.5) is 11.4 Å². The average molecular weight is 270 g/mol. The van der Waals surface area contributed by atoms with E-state index in [9.17, 15) is 9.90 Å². The largest absolute Gasteiger partial charge is 0.390 e. The van der Waals surface area contributed by atoms with Crippen molar-refractivity contribution in [2.24, 2.45) is 0 Å². The molecule has 1 aromatic carbocycles. The Morgan fingerprint density at radius 3 is 2.94 bits per heavy atom. The average Bonchev–Trinajstić information content (AvgIpc) is 2.58. The summed E-state index contributed by atoms with van der Waals surface area (Å²) < 4.78 is 0. The fraction of sp³-hybridized carbons (Fsp3) is 0.417. The summed E-state index contributed by atoms with van der Waals surface area (Å²) in [6.45, 7) is 1.62. The second-order valence-electron chi connectivity index (χ2n) is 4.10. The molecule has 2 rings (SSSR count). The van der Waals surface area contributed by atoms with Gasteiger partial charge in [-0.2, -0.15) is 0 Å². The van der Waals surface area contributed by atoms with Gasteiger partial charge in [0.1, 0.15) is 0 Å². The van der Waals surface area contributed by atoms with Crippen LogP contribution < -0.4 is 16.0 Å². The van der Waals surface area contributed by atoms with Crippen LogP contribution >= 0.6 is 11.6 Å². The topological polar surface area (TPSA) is 73.4 Å². The van der Waals surface area contributed by atoms with E-state index in [2.05, 4.69) is 16.0 Å². The van der Waals surface area contributed by atoms with Gasteiger partial charge in [0.2, 0.25) is 0 Å². The van der Waals surface area contributed by atoms with Gasteiger partial charge in [0.25, 0.3) is 5.91 Å². The summed E-state index contributed by atoms with van der Waals surface area (Å²) in [7, 11) is 0. The Hall–Kier alpha value is -1.46. The molecule has 1 atom stereocenters. The molecule has 1 heterocycles. The zero-order valence-electron chi connectivity index (χ0n) is 9.87. The third-order valence-corrected chi connectivity index (χ3v) is 3.08. The van der Waals surface area contributed by atoms with Gasteiger partial charge in [-0.15, -0.1) is 11.6 Å². The number of aliphatic hydroxyl groups excluding tert-OH is 1. The van der Waals surface area contributed by atoms with E-state index in [1.54, 1.807) is 12.1 Å². The fourth-order valence-electron chi connectivity index (χ4n) is 1.82. The van der Waals surface area contributed by atoms with E-state index in [1.807, 2.05) is 6.07 Å². The van der Waals surface area contributed by atoms with Crippen molar-refractivity contribution in [2.75, 3.05) is 36.1 Å². The lowest BCUT2D eigenvalue weighted by Gasteiger charge is -2.15. The number of amides is 1. The van der Waals surface area contributed by atoms with Crippen molar-refractivity contribution in [1.82, 2.24) is 5.32 Å². The molecular weight excluding hydrogens is 254 g/mol. The monoisotopic (exact) mass is 269 g/mol. The first-order valence-corrected chi connectivity index (χ1v) is 6.39. The van der Waals surface area contributed by atoms with E-state index < -0.39 is 6.10 Å². The van der Waals surface area contributed by atoms with Crippen molar-refractivity contribution in [3.63, 3.8) is 0 Å². The van der Waals surface area contributed by atoms with Crippen LogP contribution in [0.25, 0.3) is 0 Å². The summed E-state index contributed by atoms with van der Waals surface area (Å²) in [5.74, 6) is 0.0900. The molecule has 0 fully saturated rings. The van der Waals surface area contributed by atoms with Gasteiger partial charge in [-0.05, 0) is 12.1 Å². The third kappa shape index (κ3) is 2.86. The Morgan fingerprint density at radius 1 is 1.39 bits per heavy atom. The third-order valence-electron chi connectivity index (χ3n) is 2.73. The molecule has 1 unspecified atom stereocenters. The molecule has 0 aliphatic carbocycles. The lowest BCUT2D eigenvalue weighted by Crippen LogP contribution is -2.24. The van der Waals surface area contributed by atoms with Crippen LogP contribution in [0.1, 0.15) is 10.4 Å². The number of halogens is 1. The number of carbonyl (C=O) groups excluding carboxylic acids is 1. The van der Waals surface area contributed by atoms with Gasteiger partial charge in [0.15, 0.2) is 0 Å². The van der Waals surface area contributed by atoms with E-state index >= 15 is 0 Å². The molecule has 1 aromatic rings. The molecular formula is C12H16ClN3O2. The normalized spacial score (nSPS) is 16.0. The summed E-state index contributed by atoms with van der Waals surface area (Å²) in [4.78, 5) is 11.8. The SMILES string of the molecule is O=C1NCCNc2c(NCC(O)CCl)cccc21. The first kappa shape index (κ1) is 13.0. The van der Waals surface area contributed by atoms with Gasteiger partial charge in [-0.3, -0.25) is 4.79 Å². The number of hydrogen-bond acceptors (Lipinski definition) is 4. The van der Waals surface area contributed by atoms with Gasteiger partial charge in [0.05, 0.1) is 28.9 Å². The van der Waals surface area contributed by atoms with Crippen LogP contribution in [0.15, 0.2) is 18.2 Å². The number of fused-ring (bicyclic) bond motifs is 1. The highest BCUT2D eigenvalue weighted by molar-refractivity contribution is 6.18. The van der Waals surface area contributed by atoms with Crippen molar-refractivity contribution >= 4 is 28.9 Å². The first-order chi connectivity index (χ1) is 8.72. The van der Waals surface area contributed by atoms with Gasteiger partial charge < -0.3 is 21.1 Å². The molecule has 18 heavy (non-hydrogen) atoms. The molecule has 4 N–H and O–H groups in total. The van der Waals surface area contributed by atoms with Crippen LogP contribution in [0.5, 0.6) is 0 Å². The minimum Gasteiger partial charge on any atom is -0.390 e. The second-order valence-corrected chi connectivity index (χ2v) is 4.41. The molecule has 0 saturated heterocycles. The standard InChI is InChI=1S/C12H16ClN3O2/c13-6-8(17)7-16-10-3-1-2-9-11(10)14-4-5-15-12(9)18/h1-3,8,14,16-17H,4-7H2,(H,15,18). The molecule has 5 nitrogen and oxygen atoms in total. The number of carbonyl (C=O) groups is 1. The van der Waals surface area contributed by atoms with Crippen LogP contribution in [-0.2, 0) is 0 Å². The van der Waals surface area contributed by atoms with Gasteiger partial charge in [-0.1, -0.05) is 6.07 Å². The van der Waals surface area contributed by atoms with Crippen LogP contribution in [0, 0.1) is 0 Å². The predicted octanol–water partition coefficient (Wildman–Crippen LogP) is 0.853. The Morgan fingerprint density at radius 2 is 2.17 bits per heavy atom. The van der Waals surface area contributed by atoms with Crippen LogP contribution in [-0.4, -0.2) is 42.6 Å². The number of nitrogens with one attached hydrogen (secondary N) is 3. The minimum absolute atomic E-state index is 0.0865. The van der Waals surface area contributed by atoms with E-state index in [-0.39, 0.29) is 11.8 Å². The zero-order valence-corrected chi connectivity index (χ0v) is 10.6. The van der Waals surface area contributed by atoms with Crippen molar-refractivity contribution < 1.29 is 9.90 Å². The number of alkyl halides is 1. The molecule has 0 radical (unpaired) electrons. The number of aliphatic hydroxyl groups is 1. The first-order valence-electron chi connectivity index (χ1n) is 5.85. The number of anilines is 2. The van der Waals surface area contributed by atoms with Crippen LogP contribution in [0.2, 0.25) is 0 Å². The highest BCUT2D eigenvalue weighted by atomic mass is 35.5. The Balaban J connectivity index is 2.21. The quantitative estimate of drug-likeness (QED) is 0.612. The van der Waals surface area contributed by atoms with Gasteiger partial charge >= 0.3 is 0 Å². The summed E-state index contributed by atoms with van der Waals surface area (Å²) in [6, 6.07) is 5.44. The lowest BCUT2D eigenvalue weighted by molar-refractivity contribution is 0.0958. The number of hydrogen-bond donors (Lipinski definition) is 4. The number of rotatable bonds is 4. The molecule has 6 heteroatoms. The molecule has 0 saturated carbocycles. The number of benzene rings is 1. The van der Waals surface area contributed by atoms with E-state index in [0.29, 0.717) is 25.2 Å². The molecule has 98 valence electrons. The fourth-order valence-corrected chi connectivity index (χ4v) is 1.93. The summed E-state index contributed by atoms with van der Waals surface area (Å²) in [5.41, 5.74) is 2.18. The molecule has 1 aliphatic heterocycles. The van der Waals surface area contributed by atoms with Gasteiger partial charge in [0, 0.05) is 19.6 Å². The maximum absolute atomic E-state index is 11.8. The zero-order chi connectivity index (χ0) is 13.0. The van der Waals surface area contributed by atoms with Crippen LogP contribution in [0.3, 0.4) is 0 Å². The number of para-hydroxylation sites is 1. The highest BCUT2D eigenvalue weighted by Gasteiger charge is 2.17. The van der Waals surface area contributed by atoms with Gasteiger partial charge in [-0.25, -0.2) is 0 Å². The summed E-state index contributed by atoms with van der Waals surface area (Å²) in [6.07, 6.45) is -0.609. The Labute approximate surface area is 111 Å². The second kappa shape index (κ2) is 5.93. The Bertz CT molecular complexity index is 439.